The monoisotopic (exact) mass is 304 g/mol. The van der Waals surface area contributed by atoms with Gasteiger partial charge in [0, 0.05) is 4.47 Å². The average Bonchev–Trinajstić information content (AvgIpc) is 2.28. The highest BCUT2D eigenvalue weighted by Gasteiger charge is 2.05. The molecule has 18 heavy (non-hydrogen) atoms. The molecule has 0 atom stereocenters. The number of benzene rings is 2. The highest BCUT2D eigenvalue weighted by atomic mass is 79.9. The fourth-order valence-corrected chi connectivity index (χ4v) is 2.38. The first-order chi connectivity index (χ1) is 8.54. The van der Waals surface area contributed by atoms with Gasteiger partial charge < -0.3 is 5.11 Å². The molecule has 0 bridgehead atoms. The summed E-state index contributed by atoms with van der Waals surface area (Å²) >= 11 is 3.42. The molecule has 0 aliphatic rings. The van der Waals surface area contributed by atoms with E-state index in [1.165, 1.54) is 5.56 Å². The van der Waals surface area contributed by atoms with Gasteiger partial charge in [-0.1, -0.05) is 51.8 Å². The molecule has 0 aromatic heterocycles. The Hall–Kier alpha value is -1.61. The SMILES string of the molecule is Cc1ccc(-c2cc(Br)cc(CC(=O)O)c2)cc1. The van der Waals surface area contributed by atoms with Gasteiger partial charge in [-0.05, 0) is 35.7 Å². The second-order valence-corrected chi connectivity index (χ2v) is 5.20. The number of aryl methyl sites for hydroxylation is 1. The first kappa shape index (κ1) is 12.8. The van der Waals surface area contributed by atoms with Gasteiger partial charge in [0.1, 0.15) is 0 Å². The van der Waals surface area contributed by atoms with Crippen LogP contribution < -0.4 is 0 Å². The second-order valence-electron chi connectivity index (χ2n) is 4.28. The number of carboxylic acids is 1. The van der Waals surface area contributed by atoms with Gasteiger partial charge in [0.05, 0.1) is 6.42 Å². The smallest absolute Gasteiger partial charge is 0.307 e. The van der Waals surface area contributed by atoms with Gasteiger partial charge in [0.25, 0.3) is 0 Å². The molecule has 0 amide bonds. The molecule has 0 unspecified atom stereocenters. The van der Waals surface area contributed by atoms with Crippen molar-refractivity contribution in [1.29, 1.82) is 0 Å². The maximum absolute atomic E-state index is 10.8. The van der Waals surface area contributed by atoms with E-state index < -0.39 is 5.97 Å². The third-order valence-electron chi connectivity index (χ3n) is 2.70. The Bertz CT molecular complexity index is 574. The molecular formula is C15H13BrO2. The number of aliphatic carboxylic acids is 1. The van der Waals surface area contributed by atoms with Crippen LogP contribution in [0.25, 0.3) is 11.1 Å². The van der Waals surface area contributed by atoms with Gasteiger partial charge in [-0.15, -0.1) is 0 Å². The van der Waals surface area contributed by atoms with Crippen LogP contribution in [0.15, 0.2) is 46.9 Å². The van der Waals surface area contributed by atoms with Crippen molar-refractivity contribution in [3.8, 4) is 11.1 Å². The highest BCUT2D eigenvalue weighted by Crippen LogP contribution is 2.25. The molecule has 1 N–H and O–H groups in total. The molecule has 0 aliphatic heterocycles. The van der Waals surface area contributed by atoms with Crippen LogP contribution in [0.3, 0.4) is 0 Å². The molecule has 92 valence electrons. The summed E-state index contributed by atoms with van der Waals surface area (Å²) in [6, 6.07) is 13.9. The van der Waals surface area contributed by atoms with Gasteiger partial charge in [-0.25, -0.2) is 0 Å². The number of hydrogen-bond acceptors (Lipinski definition) is 1. The van der Waals surface area contributed by atoms with Crippen LogP contribution in [0.4, 0.5) is 0 Å². The van der Waals surface area contributed by atoms with Gasteiger partial charge in [-0.3, -0.25) is 4.79 Å². The topological polar surface area (TPSA) is 37.3 Å². The summed E-state index contributed by atoms with van der Waals surface area (Å²) < 4.78 is 0.900. The quantitative estimate of drug-likeness (QED) is 0.929. The lowest BCUT2D eigenvalue weighted by atomic mass is 10.0. The molecule has 0 aliphatic carbocycles. The Morgan fingerprint density at radius 2 is 1.78 bits per heavy atom. The maximum atomic E-state index is 10.8. The van der Waals surface area contributed by atoms with Crippen LogP contribution in [0.1, 0.15) is 11.1 Å². The van der Waals surface area contributed by atoms with E-state index in [0.29, 0.717) is 0 Å². The predicted octanol–water partition coefficient (Wildman–Crippen LogP) is 4.05. The largest absolute Gasteiger partial charge is 0.481 e. The van der Waals surface area contributed by atoms with E-state index in [9.17, 15) is 4.79 Å². The summed E-state index contributed by atoms with van der Waals surface area (Å²) in [4.78, 5) is 10.8. The van der Waals surface area contributed by atoms with E-state index in [0.717, 1.165) is 21.2 Å². The Labute approximate surface area is 114 Å². The zero-order valence-corrected chi connectivity index (χ0v) is 11.6. The summed E-state index contributed by atoms with van der Waals surface area (Å²) in [6.45, 7) is 2.04. The number of halogens is 1. The van der Waals surface area contributed by atoms with Crippen LogP contribution >= 0.6 is 15.9 Å². The van der Waals surface area contributed by atoms with E-state index in [2.05, 4.69) is 15.9 Å². The molecule has 0 fully saturated rings. The van der Waals surface area contributed by atoms with Crippen molar-refractivity contribution < 1.29 is 9.90 Å². The zero-order chi connectivity index (χ0) is 13.1. The average molecular weight is 305 g/mol. The molecule has 0 radical (unpaired) electrons. The zero-order valence-electron chi connectivity index (χ0n) is 9.98. The van der Waals surface area contributed by atoms with E-state index in [-0.39, 0.29) is 6.42 Å². The molecule has 2 aromatic carbocycles. The molecule has 0 saturated heterocycles. The number of carbonyl (C=O) groups is 1. The molecule has 2 aromatic rings. The van der Waals surface area contributed by atoms with E-state index >= 15 is 0 Å². The van der Waals surface area contributed by atoms with Gasteiger partial charge in [0.15, 0.2) is 0 Å². The molecule has 0 saturated carbocycles. The van der Waals surface area contributed by atoms with Crippen molar-refractivity contribution in [2.75, 3.05) is 0 Å². The van der Waals surface area contributed by atoms with E-state index in [4.69, 9.17) is 5.11 Å². The summed E-state index contributed by atoms with van der Waals surface area (Å²) in [5.74, 6) is -0.817. The molecule has 0 heterocycles. The minimum atomic E-state index is -0.817. The minimum absolute atomic E-state index is 0.0400. The van der Waals surface area contributed by atoms with Crippen molar-refractivity contribution in [1.82, 2.24) is 0 Å². The van der Waals surface area contributed by atoms with Crippen LogP contribution in [0.2, 0.25) is 0 Å². The Morgan fingerprint density at radius 1 is 1.11 bits per heavy atom. The molecule has 0 spiro atoms. The van der Waals surface area contributed by atoms with Gasteiger partial charge in [0.2, 0.25) is 0 Å². The van der Waals surface area contributed by atoms with Crippen molar-refractivity contribution in [3.05, 3.63) is 58.1 Å². The van der Waals surface area contributed by atoms with Crippen LogP contribution in [0, 0.1) is 6.92 Å². The lowest BCUT2D eigenvalue weighted by Crippen LogP contribution is -2.00. The van der Waals surface area contributed by atoms with Gasteiger partial charge in [-0.2, -0.15) is 0 Å². The van der Waals surface area contributed by atoms with Crippen LogP contribution in [-0.2, 0) is 11.2 Å². The molecule has 3 heteroatoms. The van der Waals surface area contributed by atoms with Crippen molar-refractivity contribution in [2.24, 2.45) is 0 Å². The normalized spacial score (nSPS) is 10.3. The minimum Gasteiger partial charge on any atom is -0.481 e. The van der Waals surface area contributed by atoms with E-state index in [1.54, 1.807) is 0 Å². The summed E-state index contributed by atoms with van der Waals surface area (Å²) in [7, 11) is 0. The van der Waals surface area contributed by atoms with Crippen molar-refractivity contribution in [3.63, 3.8) is 0 Å². The van der Waals surface area contributed by atoms with E-state index in [1.807, 2.05) is 49.4 Å². The Balaban J connectivity index is 2.41. The first-order valence-electron chi connectivity index (χ1n) is 5.63. The highest BCUT2D eigenvalue weighted by molar-refractivity contribution is 9.10. The summed E-state index contributed by atoms with van der Waals surface area (Å²) in [6.07, 6.45) is 0.0400. The third kappa shape index (κ3) is 3.20. The van der Waals surface area contributed by atoms with Gasteiger partial charge >= 0.3 is 5.97 Å². The lowest BCUT2D eigenvalue weighted by molar-refractivity contribution is -0.136. The third-order valence-corrected chi connectivity index (χ3v) is 3.16. The number of carboxylic acid groups (broad SMARTS) is 1. The Kier molecular flexibility index (Phi) is 3.82. The number of rotatable bonds is 3. The van der Waals surface area contributed by atoms with Crippen LogP contribution in [-0.4, -0.2) is 11.1 Å². The predicted molar refractivity (Wildman–Crippen MR) is 75.7 cm³/mol. The summed E-state index contributed by atoms with van der Waals surface area (Å²) in [5, 5.41) is 8.84. The Morgan fingerprint density at radius 3 is 2.39 bits per heavy atom. The first-order valence-corrected chi connectivity index (χ1v) is 6.42. The number of hydrogen-bond donors (Lipinski definition) is 1. The molecule has 2 rings (SSSR count). The lowest BCUT2D eigenvalue weighted by Gasteiger charge is -2.06. The second kappa shape index (κ2) is 5.36. The maximum Gasteiger partial charge on any atom is 0.307 e. The fraction of sp³-hybridized carbons (Fsp3) is 0.133. The molecular weight excluding hydrogens is 292 g/mol. The van der Waals surface area contributed by atoms with Crippen molar-refractivity contribution in [2.45, 2.75) is 13.3 Å². The summed E-state index contributed by atoms with van der Waals surface area (Å²) in [5.41, 5.74) is 4.13. The van der Waals surface area contributed by atoms with Crippen molar-refractivity contribution >= 4 is 21.9 Å². The molecule has 2 nitrogen and oxygen atoms in total. The fourth-order valence-electron chi connectivity index (χ4n) is 1.84. The van der Waals surface area contributed by atoms with Crippen LogP contribution in [0.5, 0.6) is 0 Å². The standard InChI is InChI=1S/C15H13BrO2/c1-10-2-4-12(5-3-10)13-6-11(8-15(17)18)7-14(16)9-13/h2-7,9H,8H2,1H3,(H,17,18).